The topological polar surface area (TPSA) is 77.0 Å². The Bertz CT molecular complexity index is 1170. The summed E-state index contributed by atoms with van der Waals surface area (Å²) >= 11 is 0. The van der Waals surface area contributed by atoms with Crippen LogP contribution < -0.4 is 10.7 Å². The predicted molar refractivity (Wildman–Crippen MR) is 106 cm³/mol. The first-order chi connectivity index (χ1) is 13.4. The maximum Gasteiger partial charge on any atom is 0.424 e. The molecule has 0 bridgehead atoms. The Balaban J connectivity index is 1.49. The molecule has 28 heavy (non-hydrogen) atoms. The SMILES string of the molecule is Cc1ccc(C)c(S(=O)(=O)N2CC[NH+](Cn3c(=O)oc4ccccc43)CC2)c1. The van der Waals surface area contributed by atoms with Gasteiger partial charge in [0.05, 0.1) is 36.6 Å². The summed E-state index contributed by atoms with van der Waals surface area (Å²) in [6.07, 6.45) is 0. The smallest absolute Gasteiger partial charge is 0.408 e. The molecule has 0 saturated carbocycles. The van der Waals surface area contributed by atoms with Crippen molar-refractivity contribution in [1.29, 1.82) is 0 Å². The molecule has 1 aliphatic heterocycles. The van der Waals surface area contributed by atoms with Gasteiger partial charge in [0.2, 0.25) is 10.0 Å². The second-order valence-electron chi connectivity index (χ2n) is 7.34. The van der Waals surface area contributed by atoms with E-state index in [1.807, 2.05) is 44.2 Å². The largest absolute Gasteiger partial charge is 0.424 e. The molecule has 1 aromatic heterocycles. The van der Waals surface area contributed by atoms with Gasteiger partial charge in [-0.1, -0.05) is 24.3 Å². The number of hydrogen-bond acceptors (Lipinski definition) is 4. The van der Waals surface area contributed by atoms with Gasteiger partial charge >= 0.3 is 5.76 Å². The van der Waals surface area contributed by atoms with Crippen molar-refractivity contribution in [3.05, 3.63) is 64.1 Å². The molecule has 1 saturated heterocycles. The number of quaternary nitrogens is 1. The zero-order valence-electron chi connectivity index (χ0n) is 16.0. The third kappa shape index (κ3) is 3.39. The molecule has 2 aromatic carbocycles. The zero-order chi connectivity index (χ0) is 19.9. The molecule has 0 unspecified atom stereocenters. The average molecular weight is 402 g/mol. The number of rotatable bonds is 4. The quantitative estimate of drug-likeness (QED) is 0.699. The summed E-state index contributed by atoms with van der Waals surface area (Å²) in [5.41, 5.74) is 3.03. The van der Waals surface area contributed by atoms with E-state index >= 15 is 0 Å². The van der Waals surface area contributed by atoms with Gasteiger partial charge in [-0.25, -0.2) is 17.8 Å². The predicted octanol–water partition coefficient (Wildman–Crippen LogP) is 0.758. The molecule has 0 atom stereocenters. The van der Waals surface area contributed by atoms with Gasteiger partial charge < -0.3 is 9.32 Å². The van der Waals surface area contributed by atoms with Crippen molar-refractivity contribution < 1.29 is 17.7 Å². The Hall–Kier alpha value is -2.42. The summed E-state index contributed by atoms with van der Waals surface area (Å²) in [7, 11) is -3.51. The Morgan fingerprint density at radius 3 is 2.54 bits per heavy atom. The molecular formula is C20H24N3O4S+. The van der Waals surface area contributed by atoms with Gasteiger partial charge in [-0.2, -0.15) is 4.31 Å². The fraction of sp³-hybridized carbons (Fsp3) is 0.350. The number of aromatic nitrogens is 1. The number of para-hydroxylation sites is 2. The lowest BCUT2D eigenvalue weighted by Crippen LogP contribution is -3.14. The monoisotopic (exact) mass is 402 g/mol. The number of piperazine rings is 1. The molecule has 0 amide bonds. The maximum atomic E-state index is 13.1. The van der Waals surface area contributed by atoms with Crippen molar-refractivity contribution in [3.8, 4) is 0 Å². The van der Waals surface area contributed by atoms with Crippen molar-refractivity contribution in [2.75, 3.05) is 26.2 Å². The van der Waals surface area contributed by atoms with Crippen LogP contribution in [0.4, 0.5) is 0 Å². The van der Waals surface area contributed by atoms with Gasteiger partial charge in [0, 0.05) is 0 Å². The van der Waals surface area contributed by atoms with Crippen LogP contribution in [0.2, 0.25) is 0 Å². The number of benzene rings is 2. The van der Waals surface area contributed by atoms with Gasteiger partial charge in [-0.05, 0) is 43.2 Å². The number of nitrogens with zero attached hydrogens (tertiary/aromatic N) is 2. The second-order valence-corrected chi connectivity index (χ2v) is 9.25. The summed E-state index contributed by atoms with van der Waals surface area (Å²) in [4.78, 5) is 13.7. The minimum atomic E-state index is -3.51. The molecule has 1 fully saturated rings. The molecule has 8 heteroatoms. The van der Waals surface area contributed by atoms with E-state index in [1.54, 1.807) is 21.0 Å². The van der Waals surface area contributed by atoms with E-state index in [0.29, 0.717) is 43.3 Å². The molecular weight excluding hydrogens is 378 g/mol. The van der Waals surface area contributed by atoms with E-state index in [2.05, 4.69) is 0 Å². The first kappa shape index (κ1) is 18.9. The van der Waals surface area contributed by atoms with Crippen LogP contribution in [0.15, 0.2) is 56.6 Å². The lowest BCUT2D eigenvalue weighted by atomic mass is 10.2. The van der Waals surface area contributed by atoms with E-state index < -0.39 is 10.0 Å². The Morgan fingerprint density at radius 2 is 1.79 bits per heavy atom. The van der Waals surface area contributed by atoms with Crippen LogP contribution in [0.25, 0.3) is 11.1 Å². The fourth-order valence-corrected chi connectivity index (χ4v) is 5.46. The normalized spacial score (nSPS) is 16.6. The van der Waals surface area contributed by atoms with Crippen LogP contribution in [0.5, 0.6) is 0 Å². The van der Waals surface area contributed by atoms with Gasteiger partial charge in [0.1, 0.15) is 0 Å². The number of aryl methyl sites for hydroxylation is 2. The molecule has 7 nitrogen and oxygen atoms in total. The fourth-order valence-electron chi connectivity index (χ4n) is 3.71. The van der Waals surface area contributed by atoms with Crippen LogP contribution in [-0.4, -0.2) is 43.5 Å². The molecule has 148 valence electrons. The molecule has 2 heterocycles. The van der Waals surface area contributed by atoms with Crippen LogP contribution in [0.3, 0.4) is 0 Å². The van der Waals surface area contributed by atoms with Gasteiger partial charge in [-0.3, -0.25) is 0 Å². The summed E-state index contributed by atoms with van der Waals surface area (Å²) in [5.74, 6) is -0.376. The van der Waals surface area contributed by atoms with E-state index in [4.69, 9.17) is 4.42 Å². The first-order valence-electron chi connectivity index (χ1n) is 9.35. The summed E-state index contributed by atoms with van der Waals surface area (Å²) in [6.45, 7) is 6.31. The third-order valence-corrected chi connectivity index (χ3v) is 7.39. The van der Waals surface area contributed by atoms with Gasteiger partial charge in [0.25, 0.3) is 0 Å². The van der Waals surface area contributed by atoms with Crippen LogP contribution in [0.1, 0.15) is 11.1 Å². The van der Waals surface area contributed by atoms with Crippen molar-refractivity contribution in [2.45, 2.75) is 25.4 Å². The highest BCUT2D eigenvalue weighted by atomic mass is 32.2. The molecule has 1 N–H and O–H groups in total. The number of sulfonamides is 1. The van der Waals surface area contributed by atoms with E-state index in [0.717, 1.165) is 21.5 Å². The van der Waals surface area contributed by atoms with Crippen LogP contribution in [0, 0.1) is 13.8 Å². The molecule has 3 aromatic rings. The molecule has 0 spiro atoms. The van der Waals surface area contributed by atoms with Crippen molar-refractivity contribution in [1.82, 2.24) is 8.87 Å². The first-order valence-corrected chi connectivity index (χ1v) is 10.8. The van der Waals surface area contributed by atoms with Crippen molar-refractivity contribution >= 4 is 21.1 Å². The van der Waals surface area contributed by atoms with E-state index in [-0.39, 0.29) is 5.76 Å². The van der Waals surface area contributed by atoms with E-state index in [1.165, 1.54) is 0 Å². The average Bonchev–Trinajstić information content (AvgIpc) is 2.99. The Labute approximate surface area is 163 Å². The zero-order valence-corrected chi connectivity index (χ0v) is 16.8. The lowest BCUT2D eigenvalue weighted by molar-refractivity contribution is -0.926. The molecule has 0 aliphatic carbocycles. The summed E-state index contributed by atoms with van der Waals surface area (Å²) in [6, 6.07) is 12.8. The maximum absolute atomic E-state index is 13.1. The van der Waals surface area contributed by atoms with Crippen LogP contribution in [-0.2, 0) is 16.7 Å². The second kappa shape index (κ2) is 7.20. The van der Waals surface area contributed by atoms with Crippen molar-refractivity contribution in [3.63, 3.8) is 0 Å². The van der Waals surface area contributed by atoms with Crippen LogP contribution >= 0.6 is 0 Å². The summed E-state index contributed by atoms with van der Waals surface area (Å²) < 4.78 is 34.6. The minimum Gasteiger partial charge on any atom is -0.408 e. The standard InChI is InChI=1S/C20H23N3O4S/c1-15-7-8-16(2)19(13-15)28(25,26)22-11-9-21(10-12-22)14-23-17-5-3-4-6-18(17)27-20(23)24/h3-8,13H,9-12,14H2,1-2H3/p+1. The molecule has 1 aliphatic rings. The van der Waals surface area contributed by atoms with E-state index in [9.17, 15) is 13.2 Å². The number of nitrogens with one attached hydrogen (secondary N) is 1. The summed E-state index contributed by atoms with van der Waals surface area (Å²) in [5, 5.41) is 0. The highest BCUT2D eigenvalue weighted by Gasteiger charge is 2.31. The Morgan fingerprint density at radius 1 is 1.07 bits per heavy atom. The number of fused-ring (bicyclic) bond motifs is 1. The highest BCUT2D eigenvalue weighted by molar-refractivity contribution is 7.89. The highest BCUT2D eigenvalue weighted by Crippen LogP contribution is 2.21. The lowest BCUT2D eigenvalue weighted by Gasteiger charge is -2.31. The minimum absolute atomic E-state index is 0.376. The number of oxazole rings is 1. The third-order valence-electron chi connectivity index (χ3n) is 5.35. The molecule has 0 radical (unpaired) electrons. The Kier molecular flexibility index (Phi) is 4.86. The molecule has 4 rings (SSSR count). The van der Waals surface area contributed by atoms with Crippen molar-refractivity contribution in [2.24, 2.45) is 0 Å². The number of hydrogen-bond donors (Lipinski definition) is 1. The van der Waals surface area contributed by atoms with Gasteiger partial charge in [0.15, 0.2) is 12.3 Å². The van der Waals surface area contributed by atoms with Gasteiger partial charge in [-0.15, -0.1) is 0 Å².